The molecule has 8 nitrogen and oxygen atoms in total. The molecule has 1 saturated carbocycles. The molecule has 1 aliphatic carbocycles. The lowest BCUT2D eigenvalue weighted by atomic mass is 9.91. The molecular formula is C25H23N3O5. The fourth-order valence-electron chi connectivity index (χ4n) is 5.46. The van der Waals surface area contributed by atoms with E-state index in [2.05, 4.69) is 0 Å². The molecule has 3 heterocycles. The highest BCUT2D eigenvalue weighted by molar-refractivity contribution is 6.19. The SMILES string of the molecule is CN1CC(=O)N(c2ccc(C3(C(=O)N4CCC5(C4)OC(=O)c4ccccc45)CC3)cc2)C1=O. The highest BCUT2D eigenvalue weighted by atomic mass is 16.6. The van der Waals surface area contributed by atoms with E-state index in [9.17, 15) is 19.2 Å². The van der Waals surface area contributed by atoms with Crippen molar-refractivity contribution in [1.82, 2.24) is 9.80 Å². The van der Waals surface area contributed by atoms with E-state index in [1.54, 1.807) is 25.2 Å². The van der Waals surface area contributed by atoms with Crippen LogP contribution >= 0.6 is 0 Å². The topological polar surface area (TPSA) is 87.2 Å². The summed E-state index contributed by atoms with van der Waals surface area (Å²) in [6, 6.07) is 14.2. The molecule has 8 heteroatoms. The lowest BCUT2D eigenvalue weighted by molar-refractivity contribution is -0.134. The first-order valence-corrected chi connectivity index (χ1v) is 11.2. The van der Waals surface area contributed by atoms with Crippen molar-refractivity contribution in [1.29, 1.82) is 0 Å². The van der Waals surface area contributed by atoms with Gasteiger partial charge in [-0.15, -0.1) is 0 Å². The molecule has 1 unspecified atom stereocenters. The van der Waals surface area contributed by atoms with Gasteiger partial charge in [-0.05, 0) is 36.6 Å². The smallest absolute Gasteiger partial charge is 0.339 e. The molecule has 0 aromatic heterocycles. The number of carbonyl (C=O) groups is 4. The summed E-state index contributed by atoms with van der Waals surface area (Å²) in [4.78, 5) is 54.8. The number of amides is 4. The van der Waals surface area contributed by atoms with Gasteiger partial charge in [0.2, 0.25) is 5.91 Å². The molecule has 4 aliphatic rings. The molecule has 0 radical (unpaired) electrons. The molecule has 2 aromatic carbocycles. The van der Waals surface area contributed by atoms with Gasteiger partial charge in [-0.1, -0.05) is 30.3 Å². The Bertz CT molecular complexity index is 1220. The van der Waals surface area contributed by atoms with Gasteiger partial charge >= 0.3 is 12.0 Å². The third-order valence-electron chi connectivity index (χ3n) is 7.42. The second-order valence-electron chi connectivity index (χ2n) is 9.40. The number of likely N-dealkylation sites (tertiary alicyclic amines) is 1. The number of rotatable bonds is 3. The summed E-state index contributed by atoms with van der Waals surface area (Å²) in [5.74, 6) is -0.546. The zero-order valence-corrected chi connectivity index (χ0v) is 18.2. The molecule has 3 fully saturated rings. The van der Waals surface area contributed by atoms with Crippen LogP contribution in [0.5, 0.6) is 0 Å². The van der Waals surface area contributed by atoms with Gasteiger partial charge in [0.1, 0.15) is 6.54 Å². The van der Waals surface area contributed by atoms with E-state index >= 15 is 0 Å². The standard InChI is InChI=1S/C25H23N3O5/c1-26-14-20(29)28(23(26)32)17-8-6-16(7-9-17)24(10-11-24)22(31)27-13-12-25(15-27)19-5-3-2-4-18(19)21(30)33-25/h2-9H,10-15H2,1H3. The minimum atomic E-state index is -0.758. The first-order chi connectivity index (χ1) is 15.8. The molecule has 2 aromatic rings. The average molecular weight is 445 g/mol. The van der Waals surface area contributed by atoms with Gasteiger partial charge in [-0.3, -0.25) is 9.59 Å². The van der Waals surface area contributed by atoms with Gasteiger partial charge in [0, 0.05) is 25.6 Å². The number of imide groups is 1. The van der Waals surface area contributed by atoms with E-state index in [1.807, 2.05) is 35.2 Å². The molecule has 0 N–H and O–H groups in total. The van der Waals surface area contributed by atoms with Gasteiger partial charge in [0.15, 0.2) is 5.60 Å². The lowest BCUT2D eigenvalue weighted by Gasteiger charge is -2.27. The Kier molecular flexibility index (Phi) is 4.03. The van der Waals surface area contributed by atoms with Crippen molar-refractivity contribution >= 4 is 29.5 Å². The number of likely N-dealkylation sites (N-methyl/N-ethyl adjacent to an activating group) is 1. The van der Waals surface area contributed by atoms with Crippen molar-refractivity contribution in [3.63, 3.8) is 0 Å². The summed E-state index contributed by atoms with van der Waals surface area (Å²) in [5, 5.41) is 0. The summed E-state index contributed by atoms with van der Waals surface area (Å²) in [6.07, 6.45) is 2.08. The number of hydrogen-bond donors (Lipinski definition) is 0. The quantitative estimate of drug-likeness (QED) is 0.535. The largest absolute Gasteiger partial charge is 0.449 e. The predicted molar refractivity (Wildman–Crippen MR) is 118 cm³/mol. The van der Waals surface area contributed by atoms with Crippen LogP contribution in [0, 0.1) is 0 Å². The number of benzene rings is 2. The molecule has 33 heavy (non-hydrogen) atoms. The minimum Gasteiger partial charge on any atom is -0.449 e. The Morgan fingerprint density at radius 3 is 2.36 bits per heavy atom. The third-order valence-corrected chi connectivity index (χ3v) is 7.42. The van der Waals surface area contributed by atoms with Gasteiger partial charge < -0.3 is 14.5 Å². The summed E-state index contributed by atoms with van der Waals surface area (Å²) < 4.78 is 5.79. The van der Waals surface area contributed by atoms with Gasteiger partial charge in [0.25, 0.3) is 5.91 Å². The van der Waals surface area contributed by atoms with Crippen LogP contribution in [0.4, 0.5) is 10.5 Å². The van der Waals surface area contributed by atoms with Crippen molar-refractivity contribution in [2.24, 2.45) is 0 Å². The summed E-state index contributed by atoms with van der Waals surface area (Å²) >= 11 is 0. The Morgan fingerprint density at radius 1 is 0.970 bits per heavy atom. The van der Waals surface area contributed by atoms with E-state index in [-0.39, 0.29) is 30.4 Å². The van der Waals surface area contributed by atoms with Crippen LogP contribution in [0.25, 0.3) is 0 Å². The predicted octanol–water partition coefficient (Wildman–Crippen LogP) is 2.41. The maximum absolute atomic E-state index is 13.6. The number of urea groups is 1. The Morgan fingerprint density at radius 2 is 1.70 bits per heavy atom. The molecule has 1 spiro atoms. The third kappa shape index (κ3) is 2.76. The highest BCUT2D eigenvalue weighted by Crippen LogP contribution is 2.52. The first-order valence-electron chi connectivity index (χ1n) is 11.2. The molecule has 2 saturated heterocycles. The number of carbonyl (C=O) groups excluding carboxylic acids is 4. The van der Waals surface area contributed by atoms with Crippen LogP contribution in [0.2, 0.25) is 0 Å². The summed E-state index contributed by atoms with van der Waals surface area (Å²) in [6.45, 7) is 0.953. The fraction of sp³-hybridized carbons (Fsp3) is 0.360. The van der Waals surface area contributed by atoms with E-state index < -0.39 is 11.0 Å². The number of nitrogens with zero attached hydrogens (tertiary/aromatic N) is 3. The molecule has 168 valence electrons. The van der Waals surface area contributed by atoms with Gasteiger partial charge in [0.05, 0.1) is 23.2 Å². The number of anilines is 1. The number of ether oxygens (including phenoxy) is 1. The fourth-order valence-corrected chi connectivity index (χ4v) is 5.46. The first kappa shape index (κ1) is 20.0. The van der Waals surface area contributed by atoms with Crippen LogP contribution in [0.15, 0.2) is 48.5 Å². The van der Waals surface area contributed by atoms with Crippen molar-refractivity contribution in [3.8, 4) is 0 Å². The Hall–Kier alpha value is -3.68. The van der Waals surface area contributed by atoms with Crippen LogP contribution in [0.1, 0.15) is 40.7 Å². The second-order valence-corrected chi connectivity index (χ2v) is 9.40. The van der Waals surface area contributed by atoms with Crippen molar-refractivity contribution in [2.75, 3.05) is 31.6 Å². The van der Waals surface area contributed by atoms with Crippen molar-refractivity contribution in [3.05, 3.63) is 65.2 Å². The van der Waals surface area contributed by atoms with Crippen LogP contribution in [-0.2, 0) is 25.3 Å². The summed E-state index contributed by atoms with van der Waals surface area (Å²) in [7, 11) is 1.59. The molecule has 0 bridgehead atoms. The molecular weight excluding hydrogens is 422 g/mol. The van der Waals surface area contributed by atoms with E-state index in [0.717, 1.165) is 24.0 Å². The normalized spacial score (nSPS) is 25.1. The zero-order valence-electron chi connectivity index (χ0n) is 18.2. The van der Waals surface area contributed by atoms with Crippen LogP contribution in [0.3, 0.4) is 0 Å². The Balaban J connectivity index is 1.23. The summed E-state index contributed by atoms with van der Waals surface area (Å²) in [5.41, 5.74) is 1.49. The number of fused-ring (bicyclic) bond motifs is 2. The van der Waals surface area contributed by atoms with Crippen LogP contribution in [-0.4, -0.2) is 60.3 Å². The highest BCUT2D eigenvalue weighted by Gasteiger charge is 2.57. The monoisotopic (exact) mass is 445 g/mol. The minimum absolute atomic E-state index is 0.0422. The maximum Gasteiger partial charge on any atom is 0.339 e. The molecule has 3 aliphatic heterocycles. The molecule has 4 amide bonds. The Labute approximate surface area is 190 Å². The maximum atomic E-state index is 13.6. The lowest BCUT2D eigenvalue weighted by Crippen LogP contribution is -2.40. The number of hydrogen-bond acceptors (Lipinski definition) is 5. The molecule has 1 atom stereocenters. The number of esters is 1. The van der Waals surface area contributed by atoms with Gasteiger partial charge in [-0.25, -0.2) is 14.5 Å². The molecule has 6 rings (SSSR count). The van der Waals surface area contributed by atoms with E-state index in [0.29, 0.717) is 30.8 Å². The van der Waals surface area contributed by atoms with Gasteiger partial charge in [-0.2, -0.15) is 0 Å². The van der Waals surface area contributed by atoms with Crippen LogP contribution < -0.4 is 4.90 Å². The van der Waals surface area contributed by atoms with E-state index in [4.69, 9.17) is 4.74 Å². The zero-order chi connectivity index (χ0) is 23.0. The van der Waals surface area contributed by atoms with Crippen molar-refractivity contribution in [2.45, 2.75) is 30.3 Å². The van der Waals surface area contributed by atoms with E-state index in [1.165, 1.54) is 9.80 Å². The second kappa shape index (κ2) is 6.66. The average Bonchev–Trinajstić information content (AvgIpc) is 3.36. The van der Waals surface area contributed by atoms with Crippen molar-refractivity contribution < 1.29 is 23.9 Å².